The fourth-order valence-electron chi connectivity index (χ4n) is 3.00. The molecule has 1 nitrogen and oxygen atoms in total. The summed E-state index contributed by atoms with van der Waals surface area (Å²) in [6.45, 7) is 10.8. The molecule has 0 aromatic rings. The van der Waals surface area contributed by atoms with Gasteiger partial charge in [-0.25, -0.2) is 0 Å². The zero-order valence-corrected chi connectivity index (χ0v) is 10.5. The first-order chi connectivity index (χ1) is 7.18. The van der Waals surface area contributed by atoms with Gasteiger partial charge in [0.1, 0.15) is 0 Å². The second kappa shape index (κ2) is 6.32. The molecule has 0 aromatic heterocycles. The van der Waals surface area contributed by atoms with Gasteiger partial charge in [0.05, 0.1) is 0 Å². The fourth-order valence-corrected chi connectivity index (χ4v) is 3.00. The van der Waals surface area contributed by atoms with Gasteiger partial charge < -0.3 is 5.32 Å². The van der Waals surface area contributed by atoms with Gasteiger partial charge in [0, 0.05) is 6.54 Å². The summed E-state index contributed by atoms with van der Waals surface area (Å²) in [6.07, 6.45) is 10.2. The summed E-state index contributed by atoms with van der Waals surface area (Å²) in [5.41, 5.74) is 0.620. The van der Waals surface area contributed by atoms with Gasteiger partial charge in [0.15, 0.2) is 0 Å². The molecule has 1 heteroatoms. The Morgan fingerprint density at radius 1 is 1.33 bits per heavy atom. The molecule has 0 saturated heterocycles. The lowest BCUT2D eigenvalue weighted by atomic mass is 9.78. The lowest BCUT2D eigenvalue weighted by Crippen LogP contribution is -2.33. The maximum atomic E-state index is 3.76. The van der Waals surface area contributed by atoms with E-state index in [4.69, 9.17) is 0 Å². The predicted molar refractivity (Wildman–Crippen MR) is 68.0 cm³/mol. The van der Waals surface area contributed by atoms with E-state index in [9.17, 15) is 0 Å². The van der Waals surface area contributed by atoms with E-state index < -0.39 is 0 Å². The highest BCUT2D eigenvalue weighted by Crippen LogP contribution is 2.42. The molecule has 0 aromatic carbocycles. The second-order valence-electron chi connectivity index (χ2n) is 5.56. The third-order valence-corrected chi connectivity index (χ3v) is 3.53. The Bertz CT molecular complexity index is 178. The molecule has 0 atom stereocenters. The molecule has 0 spiro atoms. The molecule has 0 radical (unpaired) electrons. The van der Waals surface area contributed by atoms with Gasteiger partial charge in [-0.2, -0.15) is 0 Å². The zero-order chi connectivity index (χ0) is 11.1. The third kappa shape index (κ3) is 4.38. The first-order valence-corrected chi connectivity index (χ1v) is 6.50. The molecule has 1 rings (SSSR count). The van der Waals surface area contributed by atoms with Crippen molar-refractivity contribution in [3.05, 3.63) is 12.7 Å². The van der Waals surface area contributed by atoms with Crippen LogP contribution in [0.1, 0.15) is 52.4 Å². The molecule has 1 aliphatic rings. The van der Waals surface area contributed by atoms with Crippen molar-refractivity contribution in [2.45, 2.75) is 52.4 Å². The van der Waals surface area contributed by atoms with Crippen molar-refractivity contribution >= 4 is 0 Å². The van der Waals surface area contributed by atoms with Gasteiger partial charge >= 0.3 is 0 Å². The van der Waals surface area contributed by atoms with Gasteiger partial charge in [-0.3, -0.25) is 0 Å². The first kappa shape index (κ1) is 12.8. The van der Waals surface area contributed by atoms with Crippen molar-refractivity contribution in [1.82, 2.24) is 5.32 Å². The van der Waals surface area contributed by atoms with Crippen LogP contribution in [0.2, 0.25) is 0 Å². The molecule has 88 valence electrons. The number of nitrogens with one attached hydrogen (secondary N) is 1. The molecule has 0 amide bonds. The van der Waals surface area contributed by atoms with Crippen LogP contribution >= 0.6 is 0 Å². The molecule has 1 fully saturated rings. The zero-order valence-electron chi connectivity index (χ0n) is 10.5. The minimum absolute atomic E-state index is 0.620. The normalized spacial score (nSPS) is 19.7. The van der Waals surface area contributed by atoms with Crippen LogP contribution in [-0.2, 0) is 0 Å². The summed E-state index contributed by atoms with van der Waals surface area (Å²) >= 11 is 0. The lowest BCUT2D eigenvalue weighted by Gasteiger charge is -2.31. The average molecular weight is 209 g/mol. The Morgan fingerprint density at radius 3 is 2.53 bits per heavy atom. The van der Waals surface area contributed by atoms with Crippen LogP contribution in [0.3, 0.4) is 0 Å². The van der Waals surface area contributed by atoms with Gasteiger partial charge in [-0.15, -0.1) is 6.58 Å². The van der Waals surface area contributed by atoms with E-state index in [-0.39, 0.29) is 0 Å². The van der Waals surface area contributed by atoms with Crippen LogP contribution < -0.4 is 5.32 Å². The summed E-state index contributed by atoms with van der Waals surface area (Å²) in [6, 6.07) is 0. The Morgan fingerprint density at radius 2 is 2.00 bits per heavy atom. The van der Waals surface area contributed by atoms with Crippen molar-refractivity contribution < 1.29 is 0 Å². The Balaban J connectivity index is 2.32. The quantitative estimate of drug-likeness (QED) is 0.497. The van der Waals surface area contributed by atoms with Crippen LogP contribution in [0.25, 0.3) is 0 Å². The van der Waals surface area contributed by atoms with Gasteiger partial charge in [0.25, 0.3) is 0 Å². The molecule has 15 heavy (non-hydrogen) atoms. The number of hydrogen-bond donors (Lipinski definition) is 1. The van der Waals surface area contributed by atoms with E-state index in [1.165, 1.54) is 38.6 Å². The van der Waals surface area contributed by atoms with Crippen molar-refractivity contribution in [2.24, 2.45) is 11.3 Å². The van der Waals surface area contributed by atoms with Gasteiger partial charge in [-0.05, 0) is 43.6 Å². The topological polar surface area (TPSA) is 12.0 Å². The van der Waals surface area contributed by atoms with E-state index in [0.717, 1.165) is 18.9 Å². The third-order valence-electron chi connectivity index (χ3n) is 3.53. The van der Waals surface area contributed by atoms with E-state index in [1.54, 1.807) is 0 Å². The standard InChI is InChI=1S/C14H27N/c1-4-5-10-15-12-14(11-13(2)3)8-6-7-9-14/h4,13,15H,1,5-12H2,2-3H3. The molecule has 1 aliphatic carbocycles. The molecule has 0 aliphatic heterocycles. The van der Waals surface area contributed by atoms with Crippen LogP contribution in [0, 0.1) is 11.3 Å². The van der Waals surface area contributed by atoms with Crippen molar-refractivity contribution in [3.8, 4) is 0 Å². The monoisotopic (exact) mass is 209 g/mol. The van der Waals surface area contributed by atoms with E-state index in [0.29, 0.717) is 5.41 Å². The van der Waals surface area contributed by atoms with Crippen molar-refractivity contribution in [3.63, 3.8) is 0 Å². The minimum Gasteiger partial charge on any atom is -0.316 e. The molecule has 1 saturated carbocycles. The largest absolute Gasteiger partial charge is 0.316 e. The van der Waals surface area contributed by atoms with Crippen molar-refractivity contribution in [2.75, 3.05) is 13.1 Å². The highest BCUT2D eigenvalue weighted by atomic mass is 14.9. The second-order valence-corrected chi connectivity index (χ2v) is 5.56. The highest BCUT2D eigenvalue weighted by molar-refractivity contribution is 4.87. The summed E-state index contributed by atoms with van der Waals surface area (Å²) in [5.74, 6) is 0.837. The minimum atomic E-state index is 0.620. The number of rotatable bonds is 7. The Kier molecular flexibility index (Phi) is 5.38. The molecule has 0 bridgehead atoms. The van der Waals surface area contributed by atoms with Gasteiger partial charge in [-0.1, -0.05) is 32.8 Å². The van der Waals surface area contributed by atoms with Gasteiger partial charge in [0.2, 0.25) is 0 Å². The summed E-state index contributed by atoms with van der Waals surface area (Å²) in [4.78, 5) is 0. The highest BCUT2D eigenvalue weighted by Gasteiger charge is 2.33. The van der Waals surface area contributed by atoms with E-state index >= 15 is 0 Å². The van der Waals surface area contributed by atoms with Crippen LogP contribution in [0.15, 0.2) is 12.7 Å². The van der Waals surface area contributed by atoms with Crippen LogP contribution in [0.4, 0.5) is 0 Å². The number of hydrogen-bond acceptors (Lipinski definition) is 1. The summed E-state index contributed by atoms with van der Waals surface area (Å²) in [7, 11) is 0. The molecule has 1 N–H and O–H groups in total. The van der Waals surface area contributed by atoms with E-state index in [1.807, 2.05) is 6.08 Å². The van der Waals surface area contributed by atoms with E-state index in [2.05, 4.69) is 25.7 Å². The summed E-state index contributed by atoms with van der Waals surface area (Å²) < 4.78 is 0. The maximum absolute atomic E-state index is 3.76. The lowest BCUT2D eigenvalue weighted by molar-refractivity contribution is 0.225. The van der Waals surface area contributed by atoms with Crippen LogP contribution in [0.5, 0.6) is 0 Å². The first-order valence-electron chi connectivity index (χ1n) is 6.50. The Hall–Kier alpha value is -0.300. The smallest absolute Gasteiger partial charge is 0.000803 e. The maximum Gasteiger partial charge on any atom is 0.000803 e. The molecule has 0 heterocycles. The SMILES string of the molecule is C=CCCNCC1(CC(C)C)CCCC1. The molecular weight excluding hydrogens is 182 g/mol. The summed E-state index contributed by atoms with van der Waals surface area (Å²) in [5, 5.41) is 3.60. The molecule has 0 unspecified atom stereocenters. The van der Waals surface area contributed by atoms with Crippen molar-refractivity contribution in [1.29, 1.82) is 0 Å². The molecular formula is C14H27N. The fraction of sp³-hybridized carbons (Fsp3) is 0.857. The Labute approximate surface area is 95.3 Å². The van der Waals surface area contributed by atoms with Crippen LogP contribution in [-0.4, -0.2) is 13.1 Å². The predicted octanol–water partition coefficient (Wildman–Crippen LogP) is 3.76. The average Bonchev–Trinajstić information content (AvgIpc) is 2.61.